The van der Waals surface area contributed by atoms with Crippen molar-refractivity contribution in [2.45, 2.75) is 25.8 Å². The number of aryl methyl sites for hydroxylation is 1. The predicted molar refractivity (Wildman–Crippen MR) is 37.7 cm³/mol. The number of nitriles is 1. The van der Waals surface area contributed by atoms with E-state index in [1.807, 2.05) is 4.57 Å². The lowest BCUT2D eigenvalue weighted by Gasteiger charge is -1.95. The van der Waals surface area contributed by atoms with E-state index >= 15 is 0 Å². The first kappa shape index (κ1) is 6.35. The Bertz CT molecular complexity index is 307. The number of rotatable bonds is 1. The fourth-order valence-electron chi connectivity index (χ4n) is 1.41. The normalized spacial score (nSPS) is 14.5. The van der Waals surface area contributed by atoms with Crippen LogP contribution in [0.3, 0.4) is 0 Å². The Morgan fingerprint density at radius 2 is 2.45 bits per heavy atom. The Labute approximate surface area is 64.5 Å². The summed E-state index contributed by atoms with van der Waals surface area (Å²) in [5, 5.41) is 16.3. The molecule has 1 aromatic rings. The van der Waals surface area contributed by atoms with Crippen LogP contribution in [0.5, 0.6) is 0 Å². The van der Waals surface area contributed by atoms with Crippen LogP contribution in [-0.4, -0.2) is 14.8 Å². The van der Waals surface area contributed by atoms with Gasteiger partial charge in [0.2, 0.25) is 0 Å². The van der Waals surface area contributed by atoms with Gasteiger partial charge in [0, 0.05) is 13.0 Å². The molecule has 1 aliphatic heterocycles. The van der Waals surface area contributed by atoms with Crippen molar-refractivity contribution in [1.29, 1.82) is 5.26 Å². The molecule has 0 atom stereocenters. The largest absolute Gasteiger partial charge is 0.314 e. The molecule has 0 saturated carbocycles. The molecular weight excluding hydrogens is 140 g/mol. The Kier molecular flexibility index (Phi) is 1.35. The van der Waals surface area contributed by atoms with Gasteiger partial charge >= 0.3 is 0 Å². The Morgan fingerprint density at radius 3 is 3.27 bits per heavy atom. The summed E-state index contributed by atoms with van der Waals surface area (Å²) in [6.45, 7) is 0.985. The number of fused-ring (bicyclic) bond motifs is 1. The summed E-state index contributed by atoms with van der Waals surface area (Å²) in [5.74, 6) is 1.86. The van der Waals surface area contributed by atoms with Crippen molar-refractivity contribution in [3.63, 3.8) is 0 Å². The molecule has 4 heteroatoms. The molecule has 0 bridgehead atoms. The van der Waals surface area contributed by atoms with E-state index in [1.54, 1.807) is 0 Å². The highest BCUT2D eigenvalue weighted by molar-refractivity contribution is 5.04. The van der Waals surface area contributed by atoms with Crippen LogP contribution in [0, 0.1) is 11.3 Å². The standard InChI is InChI=1S/C7H8N4/c8-4-3-7-10-9-6-2-1-5-11(6)7/h1-3,5H2. The third-order valence-electron chi connectivity index (χ3n) is 1.92. The lowest BCUT2D eigenvalue weighted by Crippen LogP contribution is -1.99. The van der Waals surface area contributed by atoms with E-state index in [2.05, 4.69) is 16.3 Å². The van der Waals surface area contributed by atoms with Crippen LogP contribution in [0.2, 0.25) is 0 Å². The summed E-state index contributed by atoms with van der Waals surface area (Å²) in [6, 6.07) is 2.08. The van der Waals surface area contributed by atoms with Crippen LogP contribution in [0.1, 0.15) is 18.1 Å². The highest BCUT2D eigenvalue weighted by Gasteiger charge is 2.16. The van der Waals surface area contributed by atoms with Crippen molar-refractivity contribution in [1.82, 2.24) is 14.8 Å². The zero-order chi connectivity index (χ0) is 7.68. The molecule has 4 nitrogen and oxygen atoms in total. The summed E-state index contributed by atoms with van der Waals surface area (Å²) >= 11 is 0. The molecule has 2 heterocycles. The van der Waals surface area contributed by atoms with Crippen LogP contribution >= 0.6 is 0 Å². The van der Waals surface area contributed by atoms with Gasteiger partial charge in [-0.05, 0) is 6.42 Å². The summed E-state index contributed by atoms with van der Waals surface area (Å²) in [5.41, 5.74) is 0. The van der Waals surface area contributed by atoms with Gasteiger partial charge in [0.05, 0.1) is 12.5 Å². The van der Waals surface area contributed by atoms with E-state index < -0.39 is 0 Å². The molecule has 0 unspecified atom stereocenters. The van der Waals surface area contributed by atoms with Crippen molar-refractivity contribution < 1.29 is 0 Å². The van der Waals surface area contributed by atoms with Gasteiger partial charge in [-0.3, -0.25) is 0 Å². The average Bonchev–Trinajstić information content (AvgIpc) is 2.53. The molecule has 0 fully saturated rings. The fraction of sp³-hybridized carbons (Fsp3) is 0.571. The summed E-state index contributed by atoms with van der Waals surface area (Å²) in [4.78, 5) is 0. The first-order valence-corrected chi connectivity index (χ1v) is 3.69. The molecule has 0 amide bonds. The first-order chi connectivity index (χ1) is 5.42. The zero-order valence-corrected chi connectivity index (χ0v) is 6.12. The van der Waals surface area contributed by atoms with Crippen LogP contribution in [-0.2, 0) is 19.4 Å². The molecule has 1 aliphatic rings. The maximum Gasteiger partial charge on any atom is 0.147 e. The molecule has 2 rings (SSSR count). The van der Waals surface area contributed by atoms with E-state index in [-0.39, 0.29) is 0 Å². The molecule has 0 N–H and O–H groups in total. The lowest BCUT2D eigenvalue weighted by atomic mass is 10.4. The monoisotopic (exact) mass is 148 g/mol. The van der Waals surface area contributed by atoms with Gasteiger partial charge in [-0.2, -0.15) is 5.26 Å². The molecule has 11 heavy (non-hydrogen) atoms. The van der Waals surface area contributed by atoms with Crippen LogP contribution in [0.4, 0.5) is 0 Å². The van der Waals surface area contributed by atoms with Crippen molar-refractivity contribution in [3.8, 4) is 6.07 Å². The molecular formula is C7H8N4. The van der Waals surface area contributed by atoms with Crippen LogP contribution in [0.15, 0.2) is 0 Å². The summed E-state index contributed by atoms with van der Waals surface area (Å²) in [7, 11) is 0. The minimum Gasteiger partial charge on any atom is -0.314 e. The van der Waals surface area contributed by atoms with Crippen molar-refractivity contribution >= 4 is 0 Å². The molecule has 0 radical (unpaired) electrons. The summed E-state index contributed by atoms with van der Waals surface area (Å²) in [6.07, 6.45) is 2.54. The molecule has 56 valence electrons. The Hall–Kier alpha value is -1.37. The zero-order valence-electron chi connectivity index (χ0n) is 6.12. The van der Waals surface area contributed by atoms with Gasteiger partial charge in [-0.25, -0.2) is 0 Å². The van der Waals surface area contributed by atoms with Crippen molar-refractivity contribution in [2.75, 3.05) is 0 Å². The minimum absolute atomic E-state index is 0.382. The van der Waals surface area contributed by atoms with Gasteiger partial charge in [0.15, 0.2) is 0 Å². The number of aromatic nitrogens is 3. The van der Waals surface area contributed by atoms with Gasteiger partial charge < -0.3 is 4.57 Å². The SMILES string of the molecule is N#CCc1nnc2n1CCC2. The molecule has 0 aliphatic carbocycles. The van der Waals surface area contributed by atoms with Gasteiger partial charge in [-0.15, -0.1) is 10.2 Å². The smallest absolute Gasteiger partial charge is 0.147 e. The average molecular weight is 148 g/mol. The van der Waals surface area contributed by atoms with Gasteiger partial charge in [0.25, 0.3) is 0 Å². The summed E-state index contributed by atoms with van der Waals surface area (Å²) < 4.78 is 2.04. The Balaban J connectivity index is 2.36. The Morgan fingerprint density at radius 1 is 1.55 bits per heavy atom. The highest BCUT2D eigenvalue weighted by atomic mass is 15.3. The van der Waals surface area contributed by atoms with E-state index in [9.17, 15) is 0 Å². The first-order valence-electron chi connectivity index (χ1n) is 3.69. The second-order valence-electron chi connectivity index (χ2n) is 2.62. The third-order valence-corrected chi connectivity index (χ3v) is 1.92. The lowest BCUT2D eigenvalue weighted by molar-refractivity contribution is 0.704. The van der Waals surface area contributed by atoms with Crippen LogP contribution in [0.25, 0.3) is 0 Å². The molecule has 0 saturated heterocycles. The quantitative estimate of drug-likeness (QED) is 0.575. The second kappa shape index (κ2) is 2.35. The number of nitrogens with zero attached hydrogens (tertiary/aromatic N) is 4. The third kappa shape index (κ3) is 0.891. The maximum absolute atomic E-state index is 8.44. The fourth-order valence-corrected chi connectivity index (χ4v) is 1.41. The van der Waals surface area contributed by atoms with Gasteiger partial charge in [0.1, 0.15) is 11.6 Å². The van der Waals surface area contributed by atoms with E-state index in [1.165, 1.54) is 0 Å². The predicted octanol–water partition coefficient (Wildman–Crippen LogP) is 0.290. The molecule has 0 spiro atoms. The van der Waals surface area contributed by atoms with Crippen molar-refractivity contribution in [2.24, 2.45) is 0 Å². The molecule has 0 aromatic carbocycles. The molecule has 1 aromatic heterocycles. The van der Waals surface area contributed by atoms with Crippen molar-refractivity contribution in [3.05, 3.63) is 11.6 Å². The maximum atomic E-state index is 8.44. The number of hydrogen-bond donors (Lipinski definition) is 0. The van der Waals surface area contributed by atoms with E-state index in [0.717, 1.165) is 31.0 Å². The van der Waals surface area contributed by atoms with Gasteiger partial charge in [-0.1, -0.05) is 0 Å². The van der Waals surface area contributed by atoms with E-state index in [0.29, 0.717) is 6.42 Å². The minimum atomic E-state index is 0.382. The second-order valence-corrected chi connectivity index (χ2v) is 2.62. The van der Waals surface area contributed by atoms with Crippen LogP contribution < -0.4 is 0 Å². The number of hydrogen-bond acceptors (Lipinski definition) is 3. The van der Waals surface area contributed by atoms with E-state index in [4.69, 9.17) is 5.26 Å². The topological polar surface area (TPSA) is 54.5 Å². The highest BCUT2D eigenvalue weighted by Crippen LogP contribution is 2.13.